The van der Waals surface area contributed by atoms with E-state index in [0.29, 0.717) is 34.7 Å². The quantitative estimate of drug-likeness (QED) is 0.237. The van der Waals surface area contributed by atoms with Crippen molar-refractivity contribution in [1.82, 2.24) is 4.90 Å². The first kappa shape index (κ1) is 25.8. The third-order valence-electron chi connectivity index (χ3n) is 6.00. The number of nitrogens with zero attached hydrogens (tertiary/aromatic N) is 1. The summed E-state index contributed by atoms with van der Waals surface area (Å²) < 4.78 is 20.1. The molecule has 190 valence electrons. The van der Waals surface area contributed by atoms with Crippen molar-refractivity contribution in [2.45, 2.75) is 6.92 Å². The molecule has 0 bridgehead atoms. The zero-order chi connectivity index (χ0) is 25.5. The minimum absolute atomic E-state index is 0.317. The summed E-state index contributed by atoms with van der Waals surface area (Å²) in [6.45, 7) is 6.51. The first-order valence-corrected chi connectivity index (χ1v) is 13.0. The summed E-state index contributed by atoms with van der Waals surface area (Å²) in [6.07, 6.45) is 1.89. The fraction of sp³-hybridized carbons (Fsp3) is 0.333. The van der Waals surface area contributed by atoms with Gasteiger partial charge < -0.3 is 24.2 Å². The number of amides is 1. The lowest BCUT2D eigenvalue weighted by Gasteiger charge is -2.26. The molecule has 0 aromatic heterocycles. The number of carbonyl (C=O) groups is 2. The first-order chi connectivity index (χ1) is 17.5. The molecular weight excluding hydrogens is 478 g/mol. The Morgan fingerprint density at radius 3 is 2.50 bits per heavy atom. The molecular formula is C27H31N3O5S. The predicted molar refractivity (Wildman–Crippen MR) is 145 cm³/mol. The van der Waals surface area contributed by atoms with Crippen LogP contribution in [0.15, 0.2) is 48.5 Å². The second kappa shape index (κ2) is 12.1. The van der Waals surface area contributed by atoms with Crippen LogP contribution < -0.4 is 19.5 Å². The van der Waals surface area contributed by atoms with Crippen molar-refractivity contribution in [3.63, 3.8) is 0 Å². The number of anilines is 2. The lowest BCUT2D eigenvalue weighted by molar-refractivity contribution is -0.112. The van der Waals surface area contributed by atoms with Gasteiger partial charge in [-0.2, -0.15) is 0 Å². The van der Waals surface area contributed by atoms with Gasteiger partial charge in [0.15, 0.2) is 5.75 Å². The molecule has 3 aromatic rings. The summed E-state index contributed by atoms with van der Waals surface area (Å²) in [5.41, 5.74) is 2.38. The third kappa shape index (κ3) is 5.92. The largest absolute Gasteiger partial charge is 0.492 e. The topological polar surface area (TPSA) is 89.1 Å². The number of aryl methyl sites for hydroxylation is 1. The fourth-order valence-electron chi connectivity index (χ4n) is 4.28. The minimum atomic E-state index is -0.736. The van der Waals surface area contributed by atoms with Crippen molar-refractivity contribution in [2.75, 3.05) is 62.9 Å². The highest BCUT2D eigenvalue weighted by Gasteiger charge is 2.22. The van der Waals surface area contributed by atoms with Gasteiger partial charge in [0.2, 0.25) is 0 Å². The molecule has 1 amide bonds. The molecule has 9 heteroatoms. The number of benzene rings is 3. The Kier molecular flexibility index (Phi) is 8.69. The summed E-state index contributed by atoms with van der Waals surface area (Å²) in [4.78, 5) is 28.6. The molecule has 8 nitrogen and oxygen atoms in total. The van der Waals surface area contributed by atoms with Gasteiger partial charge in [-0.15, -0.1) is 0 Å². The van der Waals surface area contributed by atoms with Gasteiger partial charge in [0.05, 0.1) is 31.7 Å². The van der Waals surface area contributed by atoms with E-state index in [1.165, 1.54) is 19.1 Å². The Morgan fingerprint density at radius 1 is 1.06 bits per heavy atom. The molecule has 1 aliphatic heterocycles. The second-order valence-corrected chi connectivity index (χ2v) is 9.05. The highest BCUT2D eigenvalue weighted by molar-refractivity contribution is 7.99. The molecule has 36 heavy (non-hydrogen) atoms. The number of Topliss-reactive ketones (excluding diaryl/α,β-unsaturated/α-hetero) is 1. The molecule has 1 saturated heterocycles. The molecule has 0 radical (unpaired) electrons. The van der Waals surface area contributed by atoms with Crippen LogP contribution in [0.2, 0.25) is 0 Å². The van der Waals surface area contributed by atoms with Crippen molar-refractivity contribution in [1.29, 1.82) is 0 Å². The summed E-state index contributed by atoms with van der Waals surface area (Å²) in [7, 11) is 1.53. The van der Waals surface area contributed by atoms with Crippen LogP contribution in [0.3, 0.4) is 0 Å². The highest BCUT2D eigenvalue weighted by Crippen LogP contribution is 2.36. The maximum Gasteiger partial charge on any atom is 0.296 e. The van der Waals surface area contributed by atoms with Gasteiger partial charge in [-0.3, -0.25) is 14.5 Å². The lowest BCUT2D eigenvalue weighted by atomic mass is 10.00. The molecule has 1 fully saturated rings. The number of hydrogen-bond donors (Lipinski definition) is 2. The van der Waals surface area contributed by atoms with Gasteiger partial charge in [0, 0.05) is 36.8 Å². The smallest absolute Gasteiger partial charge is 0.296 e. The summed E-state index contributed by atoms with van der Waals surface area (Å²) >= 11 is 1.41. The number of rotatable bonds is 10. The SMILES string of the molecule is COc1c(NSC)cc(C)cc1NC(=O)C(=O)c1ccc(OCCN2CCOCC2)c2ccccc12. The van der Waals surface area contributed by atoms with Crippen molar-refractivity contribution < 1.29 is 23.8 Å². The number of ketones is 1. The average molecular weight is 510 g/mol. The molecule has 1 aliphatic rings. The number of nitrogens with one attached hydrogen (secondary N) is 2. The maximum absolute atomic E-state index is 13.3. The zero-order valence-corrected chi connectivity index (χ0v) is 21.6. The molecule has 1 heterocycles. The number of carbonyl (C=O) groups excluding carboxylic acids is 2. The van der Waals surface area contributed by atoms with Crippen LogP contribution in [-0.2, 0) is 9.53 Å². The van der Waals surface area contributed by atoms with Crippen LogP contribution in [0.4, 0.5) is 11.4 Å². The van der Waals surface area contributed by atoms with Crippen molar-refractivity contribution in [3.8, 4) is 11.5 Å². The van der Waals surface area contributed by atoms with E-state index in [2.05, 4.69) is 14.9 Å². The van der Waals surface area contributed by atoms with Crippen molar-refractivity contribution in [3.05, 3.63) is 59.7 Å². The number of morpholine rings is 1. The van der Waals surface area contributed by atoms with Crippen LogP contribution in [0.25, 0.3) is 10.8 Å². The van der Waals surface area contributed by atoms with E-state index in [-0.39, 0.29) is 0 Å². The van der Waals surface area contributed by atoms with E-state index in [9.17, 15) is 9.59 Å². The van der Waals surface area contributed by atoms with E-state index >= 15 is 0 Å². The second-order valence-electron chi connectivity index (χ2n) is 8.44. The molecule has 0 spiro atoms. The van der Waals surface area contributed by atoms with Crippen LogP contribution in [0, 0.1) is 6.92 Å². The van der Waals surface area contributed by atoms with Gasteiger partial charge in [-0.25, -0.2) is 0 Å². The van der Waals surface area contributed by atoms with E-state index in [0.717, 1.165) is 49.5 Å². The summed E-state index contributed by atoms with van der Waals surface area (Å²) in [6, 6.07) is 14.6. The summed E-state index contributed by atoms with van der Waals surface area (Å²) in [5, 5.41) is 4.20. The Morgan fingerprint density at radius 2 is 1.78 bits per heavy atom. The lowest BCUT2D eigenvalue weighted by Crippen LogP contribution is -2.38. The van der Waals surface area contributed by atoms with E-state index in [4.69, 9.17) is 14.2 Å². The van der Waals surface area contributed by atoms with Gasteiger partial charge in [0.1, 0.15) is 12.4 Å². The molecule has 0 aliphatic carbocycles. The Hall–Kier alpha value is -3.27. The standard InChI is InChI=1S/C27H31N3O5S/c1-18-16-22(26(33-2)23(17-18)29-36-3)28-27(32)25(31)21-8-9-24(20-7-5-4-6-19(20)21)35-15-12-30-10-13-34-14-11-30/h4-9,16-17,29H,10-15H2,1-3H3,(H,28,32). The van der Waals surface area contributed by atoms with E-state index in [1.807, 2.05) is 43.5 Å². The minimum Gasteiger partial charge on any atom is -0.492 e. The molecule has 0 atom stereocenters. The highest BCUT2D eigenvalue weighted by atomic mass is 32.2. The maximum atomic E-state index is 13.3. The van der Waals surface area contributed by atoms with Crippen LogP contribution in [0.5, 0.6) is 11.5 Å². The fourth-order valence-corrected chi connectivity index (χ4v) is 4.65. The molecule has 0 unspecified atom stereocenters. The number of fused-ring (bicyclic) bond motifs is 1. The zero-order valence-electron chi connectivity index (χ0n) is 20.8. The molecule has 3 aromatic carbocycles. The van der Waals surface area contributed by atoms with Gasteiger partial charge in [0.25, 0.3) is 11.7 Å². The van der Waals surface area contributed by atoms with E-state index in [1.54, 1.807) is 18.2 Å². The molecule has 0 saturated carbocycles. The Labute approximate surface area is 215 Å². The molecule has 4 rings (SSSR count). The van der Waals surface area contributed by atoms with Gasteiger partial charge >= 0.3 is 0 Å². The van der Waals surface area contributed by atoms with Gasteiger partial charge in [-0.1, -0.05) is 36.2 Å². The van der Waals surface area contributed by atoms with Crippen molar-refractivity contribution >= 4 is 45.8 Å². The number of methoxy groups -OCH3 is 1. The van der Waals surface area contributed by atoms with Gasteiger partial charge in [-0.05, 0) is 42.1 Å². The molecule has 2 N–H and O–H groups in total. The van der Waals surface area contributed by atoms with Crippen LogP contribution in [0.1, 0.15) is 15.9 Å². The van der Waals surface area contributed by atoms with E-state index < -0.39 is 11.7 Å². The third-order valence-corrected chi connectivity index (χ3v) is 6.43. The Balaban J connectivity index is 1.53. The predicted octanol–water partition coefficient (Wildman–Crippen LogP) is 4.38. The number of hydrogen-bond acceptors (Lipinski definition) is 8. The van der Waals surface area contributed by atoms with Crippen molar-refractivity contribution in [2.24, 2.45) is 0 Å². The monoisotopic (exact) mass is 509 g/mol. The number of ether oxygens (including phenoxy) is 3. The van der Waals surface area contributed by atoms with Crippen LogP contribution >= 0.6 is 11.9 Å². The first-order valence-electron chi connectivity index (χ1n) is 11.8. The normalized spacial score (nSPS) is 13.9. The Bertz CT molecular complexity index is 1240. The summed E-state index contributed by atoms with van der Waals surface area (Å²) in [5.74, 6) is -0.219. The van der Waals surface area contributed by atoms with Crippen LogP contribution in [-0.4, -0.2) is 69.4 Å². The average Bonchev–Trinajstić information content (AvgIpc) is 2.89.